The molecule has 0 spiro atoms. The highest BCUT2D eigenvalue weighted by Crippen LogP contribution is 2.28. The van der Waals surface area contributed by atoms with Crippen molar-refractivity contribution >= 4 is 16.8 Å². The van der Waals surface area contributed by atoms with Crippen molar-refractivity contribution in [2.45, 2.75) is 19.4 Å². The maximum atomic E-state index is 12.4. The van der Waals surface area contributed by atoms with Crippen molar-refractivity contribution in [3.63, 3.8) is 0 Å². The van der Waals surface area contributed by atoms with E-state index in [1.807, 2.05) is 66.9 Å². The summed E-state index contributed by atoms with van der Waals surface area (Å²) < 4.78 is 16.5. The first kappa shape index (κ1) is 22.3. The zero-order valence-corrected chi connectivity index (χ0v) is 18.9. The average molecular weight is 445 g/mol. The average Bonchev–Trinajstić information content (AvgIpc) is 3.25. The van der Waals surface area contributed by atoms with Gasteiger partial charge in [0.2, 0.25) is 5.91 Å². The lowest BCUT2D eigenvalue weighted by atomic mass is 10.1. The Bertz CT molecular complexity index is 1220. The lowest BCUT2D eigenvalue weighted by molar-refractivity contribution is -0.120. The van der Waals surface area contributed by atoms with E-state index in [0.717, 1.165) is 39.8 Å². The minimum absolute atomic E-state index is 0.0290. The van der Waals surface area contributed by atoms with Crippen LogP contribution in [0.1, 0.15) is 16.7 Å². The van der Waals surface area contributed by atoms with Crippen LogP contribution in [0.25, 0.3) is 10.9 Å². The summed E-state index contributed by atoms with van der Waals surface area (Å²) in [6.07, 6.45) is 3.02. The largest absolute Gasteiger partial charge is 0.493 e. The number of hydrogen-bond donors (Lipinski definition) is 2. The number of aromatic amines is 1. The van der Waals surface area contributed by atoms with E-state index in [0.29, 0.717) is 24.7 Å². The molecule has 170 valence electrons. The molecule has 0 aliphatic rings. The van der Waals surface area contributed by atoms with E-state index in [-0.39, 0.29) is 12.3 Å². The van der Waals surface area contributed by atoms with Crippen LogP contribution in [0.3, 0.4) is 0 Å². The van der Waals surface area contributed by atoms with Crippen molar-refractivity contribution in [2.24, 2.45) is 0 Å². The van der Waals surface area contributed by atoms with Crippen LogP contribution in [0.2, 0.25) is 0 Å². The van der Waals surface area contributed by atoms with Gasteiger partial charge in [0.05, 0.1) is 20.6 Å². The predicted octanol–water partition coefficient (Wildman–Crippen LogP) is 4.67. The Morgan fingerprint density at radius 2 is 1.73 bits per heavy atom. The smallest absolute Gasteiger partial charge is 0.224 e. The number of benzene rings is 3. The molecular weight excluding hydrogens is 416 g/mol. The van der Waals surface area contributed by atoms with E-state index in [9.17, 15) is 4.79 Å². The van der Waals surface area contributed by atoms with Crippen LogP contribution in [0.5, 0.6) is 17.2 Å². The van der Waals surface area contributed by atoms with Gasteiger partial charge in [0.15, 0.2) is 11.5 Å². The highest BCUT2D eigenvalue weighted by Gasteiger charge is 2.10. The lowest BCUT2D eigenvalue weighted by Crippen LogP contribution is -2.27. The van der Waals surface area contributed by atoms with E-state index in [1.54, 1.807) is 14.2 Å². The van der Waals surface area contributed by atoms with Crippen molar-refractivity contribution in [3.8, 4) is 17.2 Å². The molecule has 3 aromatic carbocycles. The topological polar surface area (TPSA) is 72.6 Å². The molecular formula is C27H28N2O4. The number of nitrogens with one attached hydrogen (secondary N) is 2. The van der Waals surface area contributed by atoms with Crippen LogP contribution < -0.4 is 19.5 Å². The second-order valence-corrected chi connectivity index (χ2v) is 7.76. The molecule has 4 aromatic rings. The summed E-state index contributed by atoms with van der Waals surface area (Å²) >= 11 is 0. The Labute approximate surface area is 193 Å². The van der Waals surface area contributed by atoms with Crippen LogP contribution in [0.4, 0.5) is 0 Å². The van der Waals surface area contributed by atoms with Crippen molar-refractivity contribution in [1.82, 2.24) is 10.3 Å². The van der Waals surface area contributed by atoms with Gasteiger partial charge in [0, 0.05) is 29.7 Å². The predicted molar refractivity (Wildman–Crippen MR) is 129 cm³/mol. The number of H-pyrrole nitrogens is 1. The molecule has 6 nitrogen and oxygen atoms in total. The third-order valence-electron chi connectivity index (χ3n) is 5.52. The first-order valence-corrected chi connectivity index (χ1v) is 10.9. The molecule has 0 unspecified atom stereocenters. The van der Waals surface area contributed by atoms with Crippen LogP contribution in [0, 0.1) is 0 Å². The monoisotopic (exact) mass is 444 g/mol. The van der Waals surface area contributed by atoms with Gasteiger partial charge in [-0.3, -0.25) is 4.79 Å². The van der Waals surface area contributed by atoms with E-state index < -0.39 is 0 Å². The number of fused-ring (bicyclic) bond motifs is 1. The zero-order chi connectivity index (χ0) is 23.0. The van der Waals surface area contributed by atoms with Gasteiger partial charge < -0.3 is 24.5 Å². The fourth-order valence-electron chi connectivity index (χ4n) is 3.78. The number of aromatic nitrogens is 1. The van der Waals surface area contributed by atoms with Crippen molar-refractivity contribution < 1.29 is 19.0 Å². The summed E-state index contributed by atoms with van der Waals surface area (Å²) in [6.45, 7) is 1.09. The third kappa shape index (κ3) is 5.66. The Morgan fingerprint density at radius 3 is 2.52 bits per heavy atom. The summed E-state index contributed by atoms with van der Waals surface area (Å²) in [5.74, 6) is 2.06. The Morgan fingerprint density at radius 1 is 0.909 bits per heavy atom. The van der Waals surface area contributed by atoms with Gasteiger partial charge in [0.1, 0.15) is 12.4 Å². The Hall–Kier alpha value is -3.93. The summed E-state index contributed by atoms with van der Waals surface area (Å²) in [6, 6.07) is 21.7. The summed E-state index contributed by atoms with van der Waals surface area (Å²) in [7, 11) is 3.18. The van der Waals surface area contributed by atoms with Crippen LogP contribution in [-0.4, -0.2) is 31.7 Å². The first-order valence-electron chi connectivity index (χ1n) is 10.9. The van der Waals surface area contributed by atoms with Gasteiger partial charge in [-0.05, 0) is 47.4 Å². The molecule has 1 amide bonds. The number of rotatable bonds is 10. The molecule has 0 aliphatic heterocycles. The molecule has 0 saturated carbocycles. The minimum Gasteiger partial charge on any atom is -0.493 e. The van der Waals surface area contributed by atoms with Crippen molar-refractivity contribution in [1.29, 1.82) is 0 Å². The Balaban J connectivity index is 1.30. The van der Waals surface area contributed by atoms with E-state index >= 15 is 0 Å². The second-order valence-electron chi connectivity index (χ2n) is 7.76. The quantitative estimate of drug-likeness (QED) is 0.373. The first-order chi connectivity index (χ1) is 16.2. The molecule has 0 aliphatic carbocycles. The molecule has 0 saturated heterocycles. The molecule has 33 heavy (non-hydrogen) atoms. The van der Waals surface area contributed by atoms with Crippen LogP contribution >= 0.6 is 0 Å². The summed E-state index contributed by atoms with van der Waals surface area (Å²) in [5.41, 5.74) is 4.19. The second kappa shape index (κ2) is 10.6. The van der Waals surface area contributed by atoms with Gasteiger partial charge in [-0.2, -0.15) is 0 Å². The fourth-order valence-corrected chi connectivity index (χ4v) is 3.78. The molecule has 6 heteroatoms. The highest BCUT2D eigenvalue weighted by atomic mass is 16.5. The fraction of sp³-hybridized carbons (Fsp3) is 0.222. The maximum Gasteiger partial charge on any atom is 0.224 e. The van der Waals surface area contributed by atoms with E-state index in [2.05, 4.69) is 16.4 Å². The van der Waals surface area contributed by atoms with Crippen molar-refractivity contribution in [3.05, 3.63) is 89.6 Å². The Kier molecular flexibility index (Phi) is 7.15. The SMILES string of the molecule is COc1ccc(CC(=O)NCCc2c[nH]c3cc(OCc4ccccc4)ccc23)cc1OC. The standard InChI is InChI=1S/C27H28N2O4/c1-31-25-11-8-20(14-26(25)32-2)15-27(30)28-13-12-21-17-29-24-16-22(9-10-23(21)24)33-18-19-6-4-3-5-7-19/h3-11,14,16-17,29H,12-13,15,18H2,1-2H3,(H,28,30). The number of carbonyl (C=O) groups is 1. The van der Waals surface area contributed by atoms with Crippen LogP contribution in [0.15, 0.2) is 72.9 Å². The molecule has 0 radical (unpaired) electrons. The normalized spacial score (nSPS) is 10.7. The van der Waals surface area contributed by atoms with Crippen molar-refractivity contribution in [2.75, 3.05) is 20.8 Å². The van der Waals surface area contributed by atoms with E-state index in [4.69, 9.17) is 14.2 Å². The number of carbonyl (C=O) groups excluding carboxylic acids is 1. The zero-order valence-electron chi connectivity index (χ0n) is 18.9. The van der Waals surface area contributed by atoms with Gasteiger partial charge in [-0.1, -0.05) is 36.4 Å². The highest BCUT2D eigenvalue weighted by molar-refractivity contribution is 5.84. The molecule has 4 rings (SSSR count). The van der Waals surface area contributed by atoms with Gasteiger partial charge in [-0.25, -0.2) is 0 Å². The molecule has 2 N–H and O–H groups in total. The molecule has 1 heterocycles. The molecule has 0 atom stereocenters. The molecule has 0 bridgehead atoms. The number of methoxy groups -OCH3 is 2. The maximum absolute atomic E-state index is 12.4. The minimum atomic E-state index is -0.0290. The molecule has 0 fully saturated rings. The van der Waals surface area contributed by atoms with Crippen LogP contribution in [-0.2, 0) is 24.2 Å². The number of amides is 1. The third-order valence-corrected chi connectivity index (χ3v) is 5.52. The number of ether oxygens (including phenoxy) is 3. The summed E-state index contributed by atoms with van der Waals surface area (Å²) in [5, 5.41) is 4.14. The van der Waals surface area contributed by atoms with Gasteiger partial charge in [-0.15, -0.1) is 0 Å². The molecule has 1 aromatic heterocycles. The number of hydrogen-bond acceptors (Lipinski definition) is 4. The van der Waals surface area contributed by atoms with Gasteiger partial charge in [0.25, 0.3) is 0 Å². The summed E-state index contributed by atoms with van der Waals surface area (Å²) in [4.78, 5) is 15.7. The van der Waals surface area contributed by atoms with E-state index in [1.165, 1.54) is 0 Å². The lowest BCUT2D eigenvalue weighted by Gasteiger charge is -2.10. The van der Waals surface area contributed by atoms with Gasteiger partial charge >= 0.3 is 0 Å².